The van der Waals surface area contributed by atoms with E-state index in [1.54, 1.807) is 25.3 Å². The lowest BCUT2D eigenvalue weighted by molar-refractivity contribution is -0.133. The minimum absolute atomic E-state index is 0.0155. The largest absolute Gasteiger partial charge is 0.497 e. The first-order valence-electron chi connectivity index (χ1n) is 7.40. The summed E-state index contributed by atoms with van der Waals surface area (Å²) in [6.07, 6.45) is 1.30. The summed E-state index contributed by atoms with van der Waals surface area (Å²) in [5.41, 5.74) is 2.64. The Kier molecular flexibility index (Phi) is 4.28. The highest BCUT2D eigenvalue weighted by molar-refractivity contribution is 5.94. The van der Waals surface area contributed by atoms with Crippen LogP contribution in [0.3, 0.4) is 0 Å². The number of benzene rings is 2. The van der Waals surface area contributed by atoms with E-state index in [4.69, 9.17) is 9.47 Å². The van der Waals surface area contributed by atoms with Crippen molar-refractivity contribution in [3.05, 3.63) is 53.6 Å². The van der Waals surface area contributed by atoms with Crippen LogP contribution in [0.15, 0.2) is 42.5 Å². The number of carbonyl (C=O) groups is 2. The quantitative estimate of drug-likeness (QED) is 0.696. The van der Waals surface area contributed by atoms with Gasteiger partial charge >= 0.3 is 5.97 Å². The molecule has 1 amide bonds. The summed E-state index contributed by atoms with van der Waals surface area (Å²) in [7, 11) is 1.60. The molecule has 1 aliphatic rings. The first-order chi connectivity index (χ1) is 11.1. The summed E-state index contributed by atoms with van der Waals surface area (Å²) in [6, 6.07) is 12.6. The van der Waals surface area contributed by atoms with Crippen LogP contribution in [0, 0.1) is 0 Å². The Morgan fingerprint density at radius 3 is 2.57 bits per heavy atom. The highest BCUT2D eigenvalue weighted by Crippen LogP contribution is 2.27. The summed E-state index contributed by atoms with van der Waals surface area (Å²) in [5, 5.41) is 2.80. The first-order valence-corrected chi connectivity index (χ1v) is 7.40. The fourth-order valence-corrected chi connectivity index (χ4v) is 2.50. The number of esters is 1. The molecule has 0 saturated heterocycles. The second kappa shape index (κ2) is 6.52. The number of fused-ring (bicyclic) bond motifs is 1. The van der Waals surface area contributed by atoms with Crippen molar-refractivity contribution in [3.63, 3.8) is 0 Å². The molecule has 2 aromatic rings. The monoisotopic (exact) mass is 311 g/mol. The fourth-order valence-electron chi connectivity index (χ4n) is 2.50. The molecule has 5 heteroatoms. The normalized spacial score (nSPS) is 13.0. The van der Waals surface area contributed by atoms with Crippen molar-refractivity contribution in [3.8, 4) is 11.5 Å². The second-order valence-corrected chi connectivity index (χ2v) is 5.37. The van der Waals surface area contributed by atoms with Crippen molar-refractivity contribution in [1.82, 2.24) is 0 Å². The van der Waals surface area contributed by atoms with Crippen LogP contribution in [0.2, 0.25) is 0 Å². The lowest BCUT2D eigenvalue weighted by atomic mass is 10.0. The van der Waals surface area contributed by atoms with Crippen LogP contribution in [0.25, 0.3) is 0 Å². The predicted octanol–water partition coefficient (Wildman–Crippen LogP) is 2.73. The van der Waals surface area contributed by atoms with Crippen LogP contribution in [0.5, 0.6) is 11.5 Å². The highest BCUT2D eigenvalue weighted by atomic mass is 16.5. The van der Waals surface area contributed by atoms with Gasteiger partial charge in [0.25, 0.3) is 0 Å². The van der Waals surface area contributed by atoms with Crippen molar-refractivity contribution < 1.29 is 19.1 Å². The maximum absolute atomic E-state index is 12.0. The van der Waals surface area contributed by atoms with Crippen LogP contribution in [-0.2, 0) is 22.4 Å². The standard InChI is InChI=1S/C18H17NO4/c1-22-14-5-2-12(3-6-14)10-18(21)23-15-7-8-16-13(11-15)4-9-17(20)19-16/h2-3,5-8,11H,4,9-10H2,1H3,(H,19,20). The number of carbonyl (C=O) groups excluding carboxylic acids is 2. The van der Waals surface area contributed by atoms with Crippen molar-refractivity contribution in [2.45, 2.75) is 19.3 Å². The van der Waals surface area contributed by atoms with E-state index in [0.717, 1.165) is 22.6 Å². The summed E-state index contributed by atoms with van der Waals surface area (Å²) in [4.78, 5) is 23.4. The third kappa shape index (κ3) is 3.69. The topological polar surface area (TPSA) is 64.6 Å². The first kappa shape index (κ1) is 15.1. The fraction of sp³-hybridized carbons (Fsp3) is 0.222. The molecular weight excluding hydrogens is 294 g/mol. The smallest absolute Gasteiger partial charge is 0.315 e. The van der Waals surface area contributed by atoms with Gasteiger partial charge in [-0.15, -0.1) is 0 Å². The average Bonchev–Trinajstić information content (AvgIpc) is 2.55. The van der Waals surface area contributed by atoms with Gasteiger partial charge in [0.1, 0.15) is 11.5 Å². The maximum atomic E-state index is 12.0. The number of anilines is 1. The molecule has 0 aromatic heterocycles. The van der Waals surface area contributed by atoms with E-state index in [1.165, 1.54) is 0 Å². The Labute approximate surface area is 134 Å². The van der Waals surface area contributed by atoms with E-state index in [1.807, 2.05) is 24.3 Å². The van der Waals surface area contributed by atoms with Crippen LogP contribution < -0.4 is 14.8 Å². The van der Waals surface area contributed by atoms with E-state index in [2.05, 4.69) is 5.32 Å². The third-order valence-corrected chi connectivity index (χ3v) is 3.71. The molecule has 2 aromatic carbocycles. The number of hydrogen-bond acceptors (Lipinski definition) is 4. The SMILES string of the molecule is COc1ccc(CC(=O)Oc2ccc3c(c2)CCC(=O)N3)cc1. The zero-order valence-corrected chi connectivity index (χ0v) is 12.8. The van der Waals surface area contributed by atoms with E-state index >= 15 is 0 Å². The van der Waals surface area contributed by atoms with E-state index in [-0.39, 0.29) is 18.3 Å². The summed E-state index contributed by atoms with van der Waals surface area (Å²) in [6.45, 7) is 0. The zero-order valence-electron chi connectivity index (χ0n) is 12.8. The van der Waals surface area contributed by atoms with Crippen LogP contribution >= 0.6 is 0 Å². The Hall–Kier alpha value is -2.82. The van der Waals surface area contributed by atoms with Gasteiger partial charge in [0, 0.05) is 12.1 Å². The molecule has 5 nitrogen and oxygen atoms in total. The Bertz CT molecular complexity index is 737. The Morgan fingerprint density at radius 1 is 1.09 bits per heavy atom. The van der Waals surface area contributed by atoms with Gasteiger partial charge in [-0.2, -0.15) is 0 Å². The number of nitrogens with one attached hydrogen (secondary N) is 1. The number of ether oxygens (including phenoxy) is 2. The maximum Gasteiger partial charge on any atom is 0.315 e. The zero-order chi connectivity index (χ0) is 16.2. The predicted molar refractivity (Wildman–Crippen MR) is 85.7 cm³/mol. The molecule has 0 fully saturated rings. The molecular formula is C18H17NO4. The van der Waals surface area contributed by atoms with Crippen LogP contribution in [-0.4, -0.2) is 19.0 Å². The molecule has 0 aliphatic carbocycles. The lowest BCUT2D eigenvalue weighted by Crippen LogP contribution is -2.19. The molecule has 0 radical (unpaired) electrons. The van der Waals surface area contributed by atoms with E-state index in [9.17, 15) is 9.59 Å². The lowest BCUT2D eigenvalue weighted by Gasteiger charge is -2.17. The molecule has 0 spiro atoms. The van der Waals surface area contributed by atoms with Gasteiger partial charge in [-0.05, 0) is 47.9 Å². The molecule has 1 aliphatic heterocycles. The number of rotatable bonds is 4. The van der Waals surface area contributed by atoms with Crippen molar-refractivity contribution in [2.24, 2.45) is 0 Å². The molecule has 0 unspecified atom stereocenters. The van der Waals surface area contributed by atoms with E-state index < -0.39 is 0 Å². The van der Waals surface area contributed by atoms with Gasteiger partial charge in [0.05, 0.1) is 13.5 Å². The Balaban J connectivity index is 1.64. The molecule has 0 saturated carbocycles. The van der Waals surface area contributed by atoms with Crippen molar-refractivity contribution in [2.75, 3.05) is 12.4 Å². The molecule has 0 bridgehead atoms. The number of methoxy groups -OCH3 is 1. The van der Waals surface area contributed by atoms with Gasteiger partial charge in [0.2, 0.25) is 5.91 Å². The van der Waals surface area contributed by atoms with Crippen LogP contribution in [0.4, 0.5) is 5.69 Å². The molecule has 1 N–H and O–H groups in total. The number of aryl methyl sites for hydroxylation is 1. The number of amides is 1. The molecule has 23 heavy (non-hydrogen) atoms. The minimum Gasteiger partial charge on any atom is -0.497 e. The van der Waals surface area contributed by atoms with Gasteiger partial charge in [-0.3, -0.25) is 9.59 Å². The van der Waals surface area contributed by atoms with Gasteiger partial charge in [0.15, 0.2) is 0 Å². The molecule has 0 atom stereocenters. The van der Waals surface area contributed by atoms with Crippen molar-refractivity contribution >= 4 is 17.6 Å². The van der Waals surface area contributed by atoms with Gasteiger partial charge in [-0.25, -0.2) is 0 Å². The molecule has 118 valence electrons. The third-order valence-electron chi connectivity index (χ3n) is 3.71. The van der Waals surface area contributed by atoms with Gasteiger partial charge in [-0.1, -0.05) is 12.1 Å². The Morgan fingerprint density at radius 2 is 1.83 bits per heavy atom. The average molecular weight is 311 g/mol. The van der Waals surface area contributed by atoms with E-state index in [0.29, 0.717) is 18.6 Å². The second-order valence-electron chi connectivity index (χ2n) is 5.37. The summed E-state index contributed by atoms with van der Waals surface area (Å²) in [5.74, 6) is 0.939. The summed E-state index contributed by atoms with van der Waals surface area (Å²) < 4.78 is 10.5. The molecule has 1 heterocycles. The summed E-state index contributed by atoms with van der Waals surface area (Å²) >= 11 is 0. The van der Waals surface area contributed by atoms with Gasteiger partial charge < -0.3 is 14.8 Å². The number of hydrogen-bond donors (Lipinski definition) is 1. The minimum atomic E-state index is -0.324. The van der Waals surface area contributed by atoms with Crippen LogP contribution in [0.1, 0.15) is 17.5 Å². The van der Waals surface area contributed by atoms with Crippen molar-refractivity contribution in [1.29, 1.82) is 0 Å². The molecule has 3 rings (SSSR count). The highest BCUT2D eigenvalue weighted by Gasteiger charge is 2.16.